The summed E-state index contributed by atoms with van der Waals surface area (Å²) in [6, 6.07) is 9.40. The number of aryl methyl sites for hydroxylation is 1. The maximum absolute atomic E-state index is 12.9. The fraction of sp³-hybridized carbons (Fsp3) is 0.0714. The first-order valence-corrected chi connectivity index (χ1v) is 6.93. The van der Waals surface area contributed by atoms with Gasteiger partial charge < -0.3 is 4.57 Å². The summed E-state index contributed by atoms with van der Waals surface area (Å²) in [4.78, 5) is 16.3. The molecule has 106 valence electrons. The standard InChI is InChI=1S/C14H11FN4OS/c1-19-8-2-3-11(19)13(20)17-14-16-12(18-21-14)9-4-6-10(15)7-5-9/h2-8H,1H3,(H,16,17,18,20). The quantitative estimate of drug-likeness (QED) is 0.809. The van der Waals surface area contributed by atoms with Crippen LogP contribution >= 0.6 is 11.5 Å². The van der Waals surface area contributed by atoms with Crippen LogP contribution in [-0.2, 0) is 7.05 Å². The Labute approximate surface area is 124 Å². The van der Waals surface area contributed by atoms with E-state index in [1.165, 1.54) is 12.1 Å². The van der Waals surface area contributed by atoms with Crippen LogP contribution in [0.2, 0.25) is 0 Å². The van der Waals surface area contributed by atoms with Crippen LogP contribution in [-0.4, -0.2) is 19.8 Å². The zero-order chi connectivity index (χ0) is 14.8. The summed E-state index contributed by atoms with van der Waals surface area (Å²) in [5.41, 5.74) is 1.24. The maximum Gasteiger partial charge on any atom is 0.274 e. The second-order valence-corrected chi connectivity index (χ2v) is 5.14. The van der Waals surface area contributed by atoms with E-state index in [1.54, 1.807) is 42.1 Å². The average molecular weight is 302 g/mol. The Hall–Kier alpha value is -2.54. The molecule has 0 aliphatic heterocycles. The van der Waals surface area contributed by atoms with Crippen molar-refractivity contribution in [3.63, 3.8) is 0 Å². The molecule has 5 nitrogen and oxygen atoms in total. The second-order valence-electron chi connectivity index (χ2n) is 4.39. The number of benzene rings is 1. The van der Waals surface area contributed by atoms with Gasteiger partial charge in [0.25, 0.3) is 5.91 Å². The highest BCUT2D eigenvalue weighted by molar-refractivity contribution is 7.10. The highest BCUT2D eigenvalue weighted by Gasteiger charge is 2.13. The van der Waals surface area contributed by atoms with Crippen molar-refractivity contribution in [2.45, 2.75) is 0 Å². The van der Waals surface area contributed by atoms with Crippen LogP contribution in [0, 0.1) is 5.82 Å². The van der Waals surface area contributed by atoms with Gasteiger partial charge in [-0.2, -0.15) is 9.36 Å². The lowest BCUT2D eigenvalue weighted by Gasteiger charge is -2.02. The van der Waals surface area contributed by atoms with E-state index in [0.29, 0.717) is 22.2 Å². The smallest absolute Gasteiger partial charge is 0.274 e. The third-order valence-corrected chi connectivity index (χ3v) is 3.56. The average Bonchev–Trinajstić information content (AvgIpc) is 3.09. The number of halogens is 1. The minimum atomic E-state index is -0.314. The fourth-order valence-electron chi connectivity index (χ4n) is 1.85. The monoisotopic (exact) mass is 302 g/mol. The zero-order valence-corrected chi connectivity index (χ0v) is 11.9. The molecule has 0 atom stereocenters. The number of anilines is 1. The molecule has 0 saturated heterocycles. The number of rotatable bonds is 3. The molecule has 0 unspecified atom stereocenters. The molecule has 0 bridgehead atoms. The molecule has 0 saturated carbocycles. The summed E-state index contributed by atoms with van der Waals surface area (Å²) < 4.78 is 18.8. The third kappa shape index (κ3) is 2.82. The molecule has 2 heterocycles. The SMILES string of the molecule is Cn1cccc1C(=O)Nc1nc(-c2ccc(F)cc2)ns1. The summed E-state index contributed by atoms with van der Waals surface area (Å²) in [7, 11) is 1.79. The lowest BCUT2D eigenvalue weighted by Crippen LogP contribution is -2.15. The van der Waals surface area contributed by atoms with Crippen molar-refractivity contribution in [1.29, 1.82) is 0 Å². The number of carbonyl (C=O) groups excluding carboxylic acids is 1. The van der Waals surface area contributed by atoms with Gasteiger partial charge >= 0.3 is 0 Å². The molecule has 3 aromatic rings. The first-order valence-electron chi connectivity index (χ1n) is 6.16. The Morgan fingerprint density at radius 3 is 2.71 bits per heavy atom. The van der Waals surface area contributed by atoms with Gasteiger partial charge in [-0.25, -0.2) is 4.39 Å². The Morgan fingerprint density at radius 1 is 1.29 bits per heavy atom. The minimum Gasteiger partial charge on any atom is -0.347 e. The Bertz CT molecular complexity index is 778. The molecule has 7 heteroatoms. The zero-order valence-electron chi connectivity index (χ0n) is 11.1. The largest absolute Gasteiger partial charge is 0.347 e. The maximum atomic E-state index is 12.9. The normalized spacial score (nSPS) is 10.6. The van der Waals surface area contributed by atoms with E-state index in [4.69, 9.17) is 0 Å². The third-order valence-electron chi connectivity index (χ3n) is 2.93. The van der Waals surface area contributed by atoms with E-state index in [-0.39, 0.29) is 11.7 Å². The number of hydrogen-bond donors (Lipinski definition) is 1. The van der Waals surface area contributed by atoms with Gasteiger partial charge in [-0.3, -0.25) is 10.1 Å². The molecule has 0 spiro atoms. The van der Waals surface area contributed by atoms with Crippen LogP contribution in [0.25, 0.3) is 11.4 Å². The summed E-state index contributed by atoms with van der Waals surface area (Å²) in [5.74, 6) is -0.0994. The predicted molar refractivity (Wildman–Crippen MR) is 78.7 cm³/mol. The van der Waals surface area contributed by atoms with Crippen molar-refractivity contribution in [3.8, 4) is 11.4 Å². The molecule has 0 aliphatic rings. The van der Waals surface area contributed by atoms with Crippen molar-refractivity contribution in [2.24, 2.45) is 7.05 Å². The van der Waals surface area contributed by atoms with Crippen molar-refractivity contribution >= 4 is 22.6 Å². The number of amides is 1. The van der Waals surface area contributed by atoms with E-state index < -0.39 is 0 Å². The molecular weight excluding hydrogens is 291 g/mol. The van der Waals surface area contributed by atoms with Crippen LogP contribution in [0.4, 0.5) is 9.52 Å². The van der Waals surface area contributed by atoms with Gasteiger partial charge in [0.15, 0.2) is 5.82 Å². The molecule has 0 fully saturated rings. The van der Waals surface area contributed by atoms with Crippen molar-refractivity contribution < 1.29 is 9.18 Å². The molecule has 21 heavy (non-hydrogen) atoms. The van der Waals surface area contributed by atoms with Gasteiger partial charge in [0, 0.05) is 30.3 Å². The van der Waals surface area contributed by atoms with E-state index in [9.17, 15) is 9.18 Å². The number of carbonyl (C=O) groups is 1. The Morgan fingerprint density at radius 2 is 2.05 bits per heavy atom. The summed E-state index contributed by atoms with van der Waals surface area (Å²) in [6.45, 7) is 0. The molecular formula is C14H11FN4OS. The molecule has 1 amide bonds. The second kappa shape index (κ2) is 5.45. The molecule has 1 N–H and O–H groups in total. The van der Waals surface area contributed by atoms with E-state index in [2.05, 4.69) is 14.7 Å². The molecule has 1 aromatic carbocycles. The minimum absolute atomic E-state index is 0.246. The Balaban J connectivity index is 1.78. The topological polar surface area (TPSA) is 59.8 Å². The van der Waals surface area contributed by atoms with Crippen molar-refractivity contribution in [3.05, 3.63) is 54.1 Å². The highest BCUT2D eigenvalue weighted by Crippen LogP contribution is 2.21. The van der Waals surface area contributed by atoms with Gasteiger partial charge in [-0.15, -0.1) is 0 Å². The van der Waals surface area contributed by atoms with E-state index in [1.807, 2.05) is 0 Å². The van der Waals surface area contributed by atoms with Gasteiger partial charge in [0.2, 0.25) is 5.13 Å². The van der Waals surface area contributed by atoms with Crippen molar-refractivity contribution in [1.82, 2.24) is 13.9 Å². The summed E-state index contributed by atoms with van der Waals surface area (Å²) in [6.07, 6.45) is 1.79. The van der Waals surface area contributed by atoms with Crippen LogP contribution in [0.15, 0.2) is 42.6 Å². The van der Waals surface area contributed by atoms with Gasteiger partial charge in [0.05, 0.1) is 0 Å². The van der Waals surface area contributed by atoms with Crippen LogP contribution in [0.5, 0.6) is 0 Å². The van der Waals surface area contributed by atoms with Crippen LogP contribution in [0.3, 0.4) is 0 Å². The number of nitrogens with zero attached hydrogens (tertiary/aromatic N) is 3. The fourth-order valence-corrected chi connectivity index (χ4v) is 2.43. The molecule has 0 aliphatic carbocycles. The lowest BCUT2D eigenvalue weighted by atomic mass is 10.2. The van der Waals surface area contributed by atoms with Gasteiger partial charge in [0.1, 0.15) is 11.5 Å². The number of aromatic nitrogens is 3. The highest BCUT2D eigenvalue weighted by atomic mass is 32.1. The van der Waals surface area contributed by atoms with Gasteiger partial charge in [-0.05, 0) is 36.4 Å². The van der Waals surface area contributed by atoms with Crippen molar-refractivity contribution in [2.75, 3.05) is 5.32 Å². The molecule has 3 rings (SSSR count). The number of nitrogens with one attached hydrogen (secondary N) is 1. The van der Waals surface area contributed by atoms with Crippen LogP contribution < -0.4 is 5.32 Å². The Kier molecular flexibility index (Phi) is 3.49. The van der Waals surface area contributed by atoms with Gasteiger partial charge in [-0.1, -0.05) is 0 Å². The van der Waals surface area contributed by atoms with E-state index >= 15 is 0 Å². The van der Waals surface area contributed by atoms with Crippen LogP contribution in [0.1, 0.15) is 10.5 Å². The first-order chi connectivity index (χ1) is 10.1. The summed E-state index contributed by atoms with van der Waals surface area (Å²) in [5, 5.41) is 3.10. The molecule has 0 radical (unpaired) electrons. The summed E-state index contributed by atoms with van der Waals surface area (Å²) >= 11 is 1.08. The van der Waals surface area contributed by atoms with E-state index in [0.717, 1.165) is 11.5 Å². The molecule has 2 aromatic heterocycles. The predicted octanol–water partition coefficient (Wildman–Crippen LogP) is 2.94. The number of hydrogen-bond acceptors (Lipinski definition) is 4. The first kappa shape index (κ1) is 13.4. The lowest BCUT2D eigenvalue weighted by molar-refractivity contribution is 0.101.